The third-order valence-electron chi connectivity index (χ3n) is 2.29. The molecule has 0 saturated heterocycles. The Kier molecular flexibility index (Phi) is 7.05. The van der Waals surface area contributed by atoms with E-state index in [1.54, 1.807) is 0 Å². The highest BCUT2D eigenvalue weighted by atomic mass is 16.5. The van der Waals surface area contributed by atoms with E-state index in [0.29, 0.717) is 13.2 Å². The molecule has 3 heteroatoms. The number of carbonyl (C=O) groups is 1. The van der Waals surface area contributed by atoms with Gasteiger partial charge < -0.3 is 9.47 Å². The first-order valence-electron chi connectivity index (χ1n) is 5.39. The van der Waals surface area contributed by atoms with Crippen LogP contribution >= 0.6 is 0 Å². The highest BCUT2D eigenvalue weighted by Crippen LogP contribution is 2.19. The number of rotatable bonds is 8. The summed E-state index contributed by atoms with van der Waals surface area (Å²) in [5.41, 5.74) is 0.234. The van der Waals surface area contributed by atoms with E-state index in [-0.39, 0.29) is 11.4 Å². The molecule has 0 bridgehead atoms. The molecule has 0 aliphatic heterocycles. The van der Waals surface area contributed by atoms with Crippen LogP contribution in [0.25, 0.3) is 0 Å². The van der Waals surface area contributed by atoms with Gasteiger partial charge in [-0.15, -0.1) is 0 Å². The third-order valence-corrected chi connectivity index (χ3v) is 2.29. The Morgan fingerprint density at radius 1 is 1.40 bits per heavy atom. The molecule has 0 radical (unpaired) electrons. The second-order valence-electron chi connectivity index (χ2n) is 4.30. The number of hydrogen-bond acceptors (Lipinski definition) is 3. The van der Waals surface area contributed by atoms with Crippen molar-refractivity contribution in [1.29, 1.82) is 0 Å². The second kappa shape index (κ2) is 7.46. The summed E-state index contributed by atoms with van der Waals surface area (Å²) in [5, 5.41) is 0. The summed E-state index contributed by atoms with van der Waals surface area (Å²) in [6.07, 6.45) is 3.00. The summed E-state index contributed by atoms with van der Waals surface area (Å²) < 4.78 is 10.3. The number of carbonyl (C=O) groups excluding carboxylic acids is 1. The Morgan fingerprint density at radius 3 is 2.60 bits per heavy atom. The lowest BCUT2D eigenvalue weighted by molar-refractivity contribution is -0.138. The van der Waals surface area contributed by atoms with Crippen LogP contribution in [0.5, 0.6) is 0 Å². The average molecular weight is 214 g/mol. The van der Waals surface area contributed by atoms with E-state index in [9.17, 15) is 4.79 Å². The van der Waals surface area contributed by atoms with Crippen LogP contribution in [0.3, 0.4) is 0 Å². The molecule has 0 atom stereocenters. The topological polar surface area (TPSA) is 35.5 Å². The number of ether oxygens (including phenoxy) is 2. The molecule has 0 heterocycles. The van der Waals surface area contributed by atoms with Crippen LogP contribution in [0, 0.1) is 5.41 Å². The van der Waals surface area contributed by atoms with Crippen LogP contribution in [-0.4, -0.2) is 25.8 Å². The zero-order valence-electron chi connectivity index (χ0n) is 10.0. The summed E-state index contributed by atoms with van der Waals surface area (Å²) in [5.74, 6) is -0.371. The van der Waals surface area contributed by atoms with Gasteiger partial charge in [-0.1, -0.05) is 27.4 Å². The Morgan fingerprint density at radius 2 is 2.07 bits per heavy atom. The van der Waals surface area contributed by atoms with Crippen LogP contribution in [-0.2, 0) is 14.3 Å². The van der Waals surface area contributed by atoms with Crippen LogP contribution in [0.1, 0.15) is 33.6 Å². The molecule has 0 N–H and O–H groups in total. The van der Waals surface area contributed by atoms with Gasteiger partial charge in [0, 0.05) is 19.1 Å². The SMILES string of the molecule is C=CC(=O)OCCCOCC(C)(C)CC. The fraction of sp³-hybridized carbons (Fsp3) is 0.750. The summed E-state index contributed by atoms with van der Waals surface area (Å²) in [4.78, 5) is 10.7. The van der Waals surface area contributed by atoms with Crippen LogP contribution in [0.15, 0.2) is 12.7 Å². The van der Waals surface area contributed by atoms with E-state index in [1.165, 1.54) is 6.08 Å². The smallest absolute Gasteiger partial charge is 0.330 e. The predicted molar refractivity (Wildman–Crippen MR) is 60.7 cm³/mol. The van der Waals surface area contributed by atoms with Gasteiger partial charge in [0.1, 0.15) is 0 Å². The highest BCUT2D eigenvalue weighted by molar-refractivity contribution is 5.81. The van der Waals surface area contributed by atoms with E-state index < -0.39 is 0 Å². The van der Waals surface area contributed by atoms with Crippen molar-refractivity contribution in [1.82, 2.24) is 0 Å². The van der Waals surface area contributed by atoms with Gasteiger partial charge in [0.05, 0.1) is 13.2 Å². The molecule has 3 nitrogen and oxygen atoms in total. The Labute approximate surface area is 92.5 Å². The van der Waals surface area contributed by atoms with Gasteiger partial charge in [-0.05, 0) is 11.8 Å². The normalized spacial score (nSPS) is 11.1. The standard InChI is InChI=1S/C12H22O3/c1-5-11(13)15-9-7-8-14-10-12(3,4)6-2/h5H,1,6-10H2,2-4H3. The zero-order chi connectivity index (χ0) is 11.7. The maximum absolute atomic E-state index is 10.7. The van der Waals surface area contributed by atoms with Crippen LogP contribution in [0.4, 0.5) is 0 Å². The van der Waals surface area contributed by atoms with Gasteiger partial charge in [-0.2, -0.15) is 0 Å². The molecule has 88 valence electrons. The van der Waals surface area contributed by atoms with Gasteiger partial charge in [0.15, 0.2) is 0 Å². The minimum Gasteiger partial charge on any atom is -0.462 e. The van der Waals surface area contributed by atoms with E-state index in [1.807, 2.05) is 0 Å². The maximum atomic E-state index is 10.7. The molecule has 0 spiro atoms. The first-order valence-corrected chi connectivity index (χ1v) is 5.39. The number of esters is 1. The van der Waals surface area contributed by atoms with Crippen molar-refractivity contribution in [2.24, 2.45) is 5.41 Å². The molecular weight excluding hydrogens is 192 g/mol. The fourth-order valence-corrected chi connectivity index (χ4v) is 0.843. The quantitative estimate of drug-likeness (QED) is 0.354. The number of hydrogen-bond donors (Lipinski definition) is 0. The zero-order valence-corrected chi connectivity index (χ0v) is 10.0. The largest absolute Gasteiger partial charge is 0.462 e. The van der Waals surface area contributed by atoms with Gasteiger partial charge >= 0.3 is 5.97 Å². The second-order valence-corrected chi connectivity index (χ2v) is 4.30. The van der Waals surface area contributed by atoms with Crippen molar-refractivity contribution in [2.75, 3.05) is 19.8 Å². The first kappa shape index (κ1) is 14.2. The average Bonchev–Trinajstić information content (AvgIpc) is 2.22. The van der Waals surface area contributed by atoms with E-state index in [0.717, 1.165) is 19.4 Å². The minimum absolute atomic E-state index is 0.234. The van der Waals surface area contributed by atoms with Gasteiger partial charge in [-0.25, -0.2) is 4.79 Å². The summed E-state index contributed by atoms with van der Waals surface area (Å²) in [7, 11) is 0. The van der Waals surface area contributed by atoms with Crippen molar-refractivity contribution in [3.8, 4) is 0 Å². The van der Waals surface area contributed by atoms with Crippen molar-refractivity contribution in [3.05, 3.63) is 12.7 Å². The lowest BCUT2D eigenvalue weighted by atomic mass is 9.92. The lowest BCUT2D eigenvalue weighted by Gasteiger charge is -2.22. The van der Waals surface area contributed by atoms with E-state index in [4.69, 9.17) is 9.47 Å². The highest BCUT2D eigenvalue weighted by Gasteiger charge is 2.14. The molecule has 0 aromatic heterocycles. The molecule has 0 aliphatic carbocycles. The minimum atomic E-state index is -0.371. The van der Waals surface area contributed by atoms with E-state index in [2.05, 4.69) is 27.4 Å². The fourth-order valence-electron chi connectivity index (χ4n) is 0.843. The monoisotopic (exact) mass is 214 g/mol. The third kappa shape index (κ3) is 8.18. The molecule has 0 saturated carbocycles. The summed E-state index contributed by atoms with van der Waals surface area (Å²) >= 11 is 0. The molecule has 15 heavy (non-hydrogen) atoms. The molecule has 0 aliphatic rings. The molecule has 0 aromatic rings. The summed E-state index contributed by atoms with van der Waals surface area (Å²) in [6.45, 7) is 11.6. The van der Waals surface area contributed by atoms with Crippen LogP contribution in [0.2, 0.25) is 0 Å². The molecule has 0 aromatic carbocycles. The van der Waals surface area contributed by atoms with Crippen LogP contribution < -0.4 is 0 Å². The van der Waals surface area contributed by atoms with Crippen molar-refractivity contribution in [2.45, 2.75) is 33.6 Å². The van der Waals surface area contributed by atoms with Crippen molar-refractivity contribution in [3.63, 3.8) is 0 Å². The molecule has 0 rings (SSSR count). The lowest BCUT2D eigenvalue weighted by Crippen LogP contribution is -2.19. The van der Waals surface area contributed by atoms with Gasteiger partial charge in [-0.3, -0.25) is 0 Å². The van der Waals surface area contributed by atoms with Crippen molar-refractivity contribution < 1.29 is 14.3 Å². The maximum Gasteiger partial charge on any atom is 0.330 e. The molecule has 0 unspecified atom stereocenters. The Hall–Kier alpha value is -0.830. The van der Waals surface area contributed by atoms with E-state index >= 15 is 0 Å². The summed E-state index contributed by atoms with van der Waals surface area (Å²) in [6, 6.07) is 0. The molecule has 0 amide bonds. The predicted octanol–water partition coefficient (Wildman–Crippen LogP) is 2.56. The molecule has 0 fully saturated rings. The van der Waals surface area contributed by atoms with Crippen molar-refractivity contribution >= 4 is 5.97 Å². The Bertz CT molecular complexity index is 197. The van der Waals surface area contributed by atoms with Gasteiger partial charge in [0.25, 0.3) is 0 Å². The first-order chi connectivity index (χ1) is 7.02. The van der Waals surface area contributed by atoms with Gasteiger partial charge in [0.2, 0.25) is 0 Å². The molecular formula is C12H22O3. The Balaban J connectivity index is 3.32.